The number of rotatable bonds is 2. The van der Waals surface area contributed by atoms with E-state index in [2.05, 4.69) is 35.8 Å². The summed E-state index contributed by atoms with van der Waals surface area (Å²) >= 11 is 0. The third kappa shape index (κ3) is 1.88. The zero-order chi connectivity index (χ0) is 21.3. The molecule has 1 saturated carbocycles. The molecule has 1 aliphatic carbocycles. The van der Waals surface area contributed by atoms with Gasteiger partial charge in [0.15, 0.2) is 11.5 Å². The van der Waals surface area contributed by atoms with E-state index in [9.17, 15) is 4.79 Å². The van der Waals surface area contributed by atoms with Gasteiger partial charge in [0.25, 0.3) is 0 Å². The molecule has 0 aromatic heterocycles. The van der Waals surface area contributed by atoms with E-state index in [1.807, 2.05) is 6.07 Å². The smallest absolute Gasteiger partial charge is 0.229 e. The number of amides is 1. The highest BCUT2D eigenvalue weighted by Gasteiger charge is 2.75. The van der Waals surface area contributed by atoms with Gasteiger partial charge in [-0.05, 0) is 35.9 Å². The Morgan fingerprint density at radius 2 is 1.94 bits per heavy atom. The Bertz CT molecular complexity index is 1050. The maximum Gasteiger partial charge on any atom is 0.229 e. The molecular formula is C25H30N2O4. The van der Waals surface area contributed by atoms with Gasteiger partial charge in [0, 0.05) is 30.0 Å². The van der Waals surface area contributed by atoms with Gasteiger partial charge in [-0.2, -0.15) is 0 Å². The van der Waals surface area contributed by atoms with Crippen molar-refractivity contribution in [3.8, 4) is 11.5 Å². The van der Waals surface area contributed by atoms with Crippen molar-refractivity contribution in [2.75, 3.05) is 38.8 Å². The van der Waals surface area contributed by atoms with Gasteiger partial charge in [-0.25, -0.2) is 0 Å². The fourth-order valence-corrected chi connectivity index (χ4v) is 8.97. The second kappa shape index (κ2) is 5.65. The number of ether oxygens (including phenoxy) is 3. The van der Waals surface area contributed by atoms with Gasteiger partial charge in [0.05, 0.1) is 45.1 Å². The van der Waals surface area contributed by atoms with Crippen LogP contribution in [0.2, 0.25) is 0 Å². The molecule has 5 heterocycles. The van der Waals surface area contributed by atoms with Gasteiger partial charge in [-0.1, -0.05) is 25.5 Å². The van der Waals surface area contributed by atoms with Crippen LogP contribution in [0, 0.1) is 17.3 Å². The highest BCUT2D eigenvalue weighted by molar-refractivity contribution is 6.00. The molecule has 1 aromatic rings. The van der Waals surface area contributed by atoms with Gasteiger partial charge in [-0.15, -0.1) is 0 Å². The summed E-state index contributed by atoms with van der Waals surface area (Å²) in [5, 5.41) is 0. The van der Waals surface area contributed by atoms with Crippen LogP contribution >= 0.6 is 0 Å². The molecule has 4 fully saturated rings. The third-order valence-corrected chi connectivity index (χ3v) is 9.51. The first-order valence-electron chi connectivity index (χ1n) is 11.6. The van der Waals surface area contributed by atoms with E-state index in [0.29, 0.717) is 36.7 Å². The van der Waals surface area contributed by atoms with E-state index < -0.39 is 0 Å². The lowest BCUT2D eigenvalue weighted by atomic mass is 9.45. The molecule has 31 heavy (non-hydrogen) atoms. The Balaban J connectivity index is 1.56. The number of nitrogens with zero attached hydrogens (tertiary/aromatic N) is 2. The Morgan fingerprint density at radius 3 is 2.71 bits per heavy atom. The summed E-state index contributed by atoms with van der Waals surface area (Å²) in [6.45, 7) is 7.67. The van der Waals surface area contributed by atoms with Gasteiger partial charge in [-0.3, -0.25) is 9.69 Å². The van der Waals surface area contributed by atoms with Crippen LogP contribution in [0.4, 0.5) is 5.69 Å². The number of methoxy groups -OCH3 is 2. The number of carbonyl (C=O) groups is 1. The molecule has 0 radical (unpaired) electrons. The van der Waals surface area contributed by atoms with Crippen LogP contribution in [0.1, 0.15) is 32.3 Å². The van der Waals surface area contributed by atoms with Crippen LogP contribution < -0.4 is 14.4 Å². The van der Waals surface area contributed by atoms with E-state index >= 15 is 0 Å². The fourth-order valence-electron chi connectivity index (χ4n) is 8.97. The lowest BCUT2D eigenvalue weighted by molar-refractivity contribution is -0.143. The average Bonchev–Trinajstić information content (AvgIpc) is 3.20. The minimum atomic E-state index is -0.0902. The summed E-state index contributed by atoms with van der Waals surface area (Å²) in [5.41, 5.74) is 3.86. The monoisotopic (exact) mass is 422 g/mol. The van der Waals surface area contributed by atoms with Crippen LogP contribution in [0.15, 0.2) is 23.8 Å². The van der Waals surface area contributed by atoms with Gasteiger partial charge in [0.1, 0.15) is 0 Å². The summed E-state index contributed by atoms with van der Waals surface area (Å²) in [5.74, 6) is 2.41. The van der Waals surface area contributed by atoms with Crippen LogP contribution in [-0.2, 0) is 14.9 Å². The molecule has 0 unspecified atom stereocenters. The summed E-state index contributed by atoms with van der Waals surface area (Å²) in [6.07, 6.45) is 3.86. The number of hydrogen-bond donors (Lipinski definition) is 0. The standard InChI is InChI=1S/C25H30N2O4/c1-24(2)21-13-5-8-31-18-11-19(28)27-15-10-17(30-4)16(29-3)9-14(15)25(22(27)20(18)21)6-7-26(12-13)23(24)25/h5,9-10,18,20-23H,6-8,11-12H2,1-4H3/t18-,20+,21-,22-,23-,25-/m0/s1. The molecular weight excluding hydrogens is 392 g/mol. The molecule has 6 heteroatoms. The predicted molar refractivity (Wildman–Crippen MR) is 116 cm³/mol. The van der Waals surface area contributed by atoms with Crippen molar-refractivity contribution < 1.29 is 19.0 Å². The molecule has 2 bridgehead atoms. The highest BCUT2D eigenvalue weighted by Crippen LogP contribution is 2.71. The van der Waals surface area contributed by atoms with Crippen molar-refractivity contribution in [1.29, 1.82) is 0 Å². The highest BCUT2D eigenvalue weighted by atomic mass is 16.5. The number of carbonyl (C=O) groups excluding carboxylic acids is 1. The molecule has 6 aliphatic rings. The molecule has 5 aliphatic heterocycles. The molecule has 3 saturated heterocycles. The predicted octanol–water partition coefficient (Wildman–Crippen LogP) is 2.75. The largest absolute Gasteiger partial charge is 0.493 e. The van der Waals surface area contributed by atoms with Crippen molar-refractivity contribution in [3.63, 3.8) is 0 Å². The molecule has 164 valence electrons. The summed E-state index contributed by atoms with van der Waals surface area (Å²) in [4.78, 5) is 18.5. The van der Waals surface area contributed by atoms with Gasteiger partial charge < -0.3 is 19.1 Å². The maximum absolute atomic E-state index is 13.6. The Labute approximate surface area is 183 Å². The minimum absolute atomic E-state index is 0.00477. The zero-order valence-corrected chi connectivity index (χ0v) is 18.7. The lowest BCUT2D eigenvalue weighted by Crippen LogP contribution is -2.74. The van der Waals surface area contributed by atoms with Crippen molar-refractivity contribution in [2.45, 2.75) is 50.3 Å². The normalized spacial score (nSPS) is 40.9. The Kier molecular flexibility index (Phi) is 3.37. The van der Waals surface area contributed by atoms with Crippen molar-refractivity contribution in [2.24, 2.45) is 17.3 Å². The van der Waals surface area contributed by atoms with Crippen LogP contribution in [0.5, 0.6) is 11.5 Å². The molecule has 6 nitrogen and oxygen atoms in total. The molecule has 7 rings (SSSR count). The SMILES string of the molecule is COc1cc2c(cc1OC)[C@@]13CCN4CC5=CCO[C@H]6CC(=O)N2[C@H]1[C@H]6[C@H]5C(C)(C)[C@H]43. The number of benzene rings is 1. The minimum Gasteiger partial charge on any atom is -0.493 e. The summed E-state index contributed by atoms with van der Waals surface area (Å²) in [6, 6.07) is 4.76. The second-order valence-corrected chi connectivity index (χ2v) is 10.8. The first-order valence-corrected chi connectivity index (χ1v) is 11.6. The first-order chi connectivity index (χ1) is 14.9. The van der Waals surface area contributed by atoms with Gasteiger partial charge >= 0.3 is 0 Å². The summed E-state index contributed by atoms with van der Waals surface area (Å²) in [7, 11) is 3.37. The number of anilines is 1. The van der Waals surface area contributed by atoms with E-state index in [1.54, 1.807) is 14.2 Å². The van der Waals surface area contributed by atoms with E-state index in [0.717, 1.165) is 30.9 Å². The topological polar surface area (TPSA) is 51.2 Å². The van der Waals surface area contributed by atoms with E-state index in [4.69, 9.17) is 14.2 Å². The Hall–Kier alpha value is -2.05. The molecule has 1 spiro atoms. The van der Waals surface area contributed by atoms with E-state index in [1.165, 1.54) is 11.1 Å². The molecule has 1 aromatic carbocycles. The Morgan fingerprint density at radius 1 is 1.16 bits per heavy atom. The van der Waals surface area contributed by atoms with Crippen LogP contribution in [0.3, 0.4) is 0 Å². The first kappa shape index (κ1) is 18.5. The van der Waals surface area contributed by atoms with Crippen LogP contribution in [-0.4, -0.2) is 62.9 Å². The number of piperidine rings is 2. The average molecular weight is 423 g/mol. The van der Waals surface area contributed by atoms with Crippen molar-refractivity contribution in [3.05, 3.63) is 29.3 Å². The third-order valence-electron chi connectivity index (χ3n) is 9.51. The second-order valence-electron chi connectivity index (χ2n) is 10.8. The van der Waals surface area contributed by atoms with Crippen molar-refractivity contribution >= 4 is 11.6 Å². The lowest BCUT2D eigenvalue weighted by Gasteiger charge is -2.65. The molecule has 0 N–H and O–H groups in total. The summed E-state index contributed by atoms with van der Waals surface area (Å²) < 4.78 is 17.8. The zero-order valence-electron chi connectivity index (χ0n) is 18.7. The molecule has 1 amide bonds. The number of hydrogen-bond acceptors (Lipinski definition) is 5. The fraction of sp³-hybridized carbons (Fsp3) is 0.640. The van der Waals surface area contributed by atoms with Crippen molar-refractivity contribution in [1.82, 2.24) is 4.90 Å². The van der Waals surface area contributed by atoms with Crippen LogP contribution in [0.25, 0.3) is 0 Å². The van der Waals surface area contributed by atoms with E-state index in [-0.39, 0.29) is 28.9 Å². The van der Waals surface area contributed by atoms with Gasteiger partial charge in [0.2, 0.25) is 5.91 Å². The number of fused-ring (bicyclic) bond motifs is 2. The quantitative estimate of drug-likeness (QED) is 0.686. The molecule has 6 atom stereocenters. The maximum atomic E-state index is 13.6.